The van der Waals surface area contributed by atoms with Crippen LogP contribution in [-0.2, 0) is 0 Å². The number of rotatable bonds is 6. The highest BCUT2D eigenvalue weighted by Crippen LogP contribution is 2.22. The standard InChI is InChI=1S/C20H16BrN3O3/c21-14-8-11-18(17(12-14)20(26)27)22-19(25)13-6-9-16(10-7-13)24-23-15-4-2-1-3-5-15/h1-12,23-24H,(H,22,25)(H,26,27)/p+1. The highest BCUT2D eigenvalue weighted by atomic mass is 79.9. The van der Waals surface area contributed by atoms with Gasteiger partial charge in [-0.3, -0.25) is 4.79 Å². The molecule has 0 spiro atoms. The zero-order chi connectivity index (χ0) is 19.2. The first-order chi connectivity index (χ1) is 13.0. The summed E-state index contributed by atoms with van der Waals surface area (Å²) in [5.41, 5.74) is 7.60. The molecule has 3 aromatic carbocycles. The molecule has 0 fully saturated rings. The molecule has 1 amide bonds. The Hall–Kier alpha value is -3.16. The summed E-state index contributed by atoms with van der Waals surface area (Å²) in [7, 11) is 0. The molecule has 7 heteroatoms. The van der Waals surface area contributed by atoms with Gasteiger partial charge in [0.05, 0.1) is 16.9 Å². The van der Waals surface area contributed by atoms with Gasteiger partial charge in [-0.05, 0) is 42.5 Å². The number of carbonyl (C=O) groups is 2. The maximum Gasteiger partial charge on any atom is 0.337 e. The third kappa shape index (κ3) is 4.93. The van der Waals surface area contributed by atoms with Crippen LogP contribution < -0.4 is 16.2 Å². The number of benzene rings is 3. The van der Waals surface area contributed by atoms with Gasteiger partial charge in [0.25, 0.3) is 5.91 Å². The number of aromatic carboxylic acids is 1. The van der Waals surface area contributed by atoms with Crippen LogP contribution in [0.5, 0.6) is 0 Å². The lowest BCUT2D eigenvalue weighted by molar-refractivity contribution is -0.538. The topological polar surface area (TPSA) is 95.0 Å². The Bertz CT molecular complexity index is 960. The van der Waals surface area contributed by atoms with Gasteiger partial charge in [-0.25, -0.2) is 15.6 Å². The van der Waals surface area contributed by atoms with Crippen molar-refractivity contribution < 1.29 is 20.1 Å². The lowest BCUT2D eigenvalue weighted by atomic mass is 10.1. The molecule has 27 heavy (non-hydrogen) atoms. The summed E-state index contributed by atoms with van der Waals surface area (Å²) in [6.45, 7) is 0. The smallest absolute Gasteiger partial charge is 0.337 e. The summed E-state index contributed by atoms with van der Waals surface area (Å²) in [6, 6.07) is 21.4. The molecule has 0 unspecified atom stereocenters. The van der Waals surface area contributed by atoms with E-state index in [0.29, 0.717) is 10.0 Å². The normalized spacial score (nSPS) is 10.3. The molecule has 0 saturated carbocycles. The molecule has 0 radical (unpaired) electrons. The van der Waals surface area contributed by atoms with E-state index in [0.717, 1.165) is 11.4 Å². The Morgan fingerprint density at radius 1 is 0.926 bits per heavy atom. The zero-order valence-electron chi connectivity index (χ0n) is 14.1. The number of nitrogens with two attached hydrogens (primary N) is 1. The maximum absolute atomic E-state index is 12.4. The quantitative estimate of drug-likeness (QED) is 0.275. The Morgan fingerprint density at radius 3 is 2.30 bits per heavy atom. The molecule has 6 nitrogen and oxygen atoms in total. The number of hydrogen-bond donors (Lipinski definition) is 4. The first kappa shape index (κ1) is 18.6. The van der Waals surface area contributed by atoms with Crippen molar-refractivity contribution in [1.29, 1.82) is 0 Å². The van der Waals surface area contributed by atoms with Crippen molar-refractivity contribution in [2.45, 2.75) is 0 Å². The third-order valence-electron chi connectivity index (χ3n) is 3.81. The van der Waals surface area contributed by atoms with Gasteiger partial charge in [0.1, 0.15) is 0 Å². The Balaban J connectivity index is 1.67. The second-order valence-electron chi connectivity index (χ2n) is 5.73. The molecular weight excluding hydrogens is 410 g/mol. The molecule has 0 bridgehead atoms. The minimum absolute atomic E-state index is 0.0229. The first-order valence-electron chi connectivity index (χ1n) is 8.12. The fraction of sp³-hybridized carbons (Fsp3) is 0. The number of hydrogen-bond acceptors (Lipinski definition) is 3. The molecule has 5 N–H and O–H groups in total. The number of carboxylic acids is 1. The van der Waals surface area contributed by atoms with Crippen LogP contribution >= 0.6 is 15.9 Å². The molecular formula is C20H17BrN3O3+. The Labute approximate surface area is 164 Å². The molecule has 0 aromatic heterocycles. The molecule has 0 heterocycles. The van der Waals surface area contributed by atoms with Gasteiger partial charge in [-0.2, -0.15) is 0 Å². The molecule has 0 aliphatic carbocycles. The van der Waals surface area contributed by atoms with Gasteiger partial charge in [-0.1, -0.05) is 34.1 Å². The highest BCUT2D eigenvalue weighted by molar-refractivity contribution is 9.10. The van der Waals surface area contributed by atoms with E-state index in [-0.39, 0.29) is 17.2 Å². The number of nitrogens with one attached hydrogen (secondary N) is 2. The van der Waals surface area contributed by atoms with Gasteiger partial charge in [-0.15, -0.1) is 0 Å². The number of para-hydroxylation sites is 1. The van der Waals surface area contributed by atoms with Crippen LogP contribution in [0.2, 0.25) is 0 Å². The van der Waals surface area contributed by atoms with Crippen molar-refractivity contribution in [1.82, 2.24) is 0 Å². The summed E-state index contributed by atoms with van der Waals surface area (Å²) in [5, 5.41) is 11.9. The molecule has 0 atom stereocenters. The van der Waals surface area contributed by atoms with Crippen LogP contribution in [0.4, 0.5) is 17.1 Å². The second-order valence-corrected chi connectivity index (χ2v) is 6.64. The summed E-state index contributed by atoms with van der Waals surface area (Å²) in [6.07, 6.45) is 0. The van der Waals surface area contributed by atoms with Gasteiger partial charge < -0.3 is 10.4 Å². The molecule has 136 valence electrons. The van der Waals surface area contributed by atoms with Crippen LogP contribution in [0.1, 0.15) is 20.7 Å². The van der Waals surface area contributed by atoms with Gasteiger partial charge >= 0.3 is 5.97 Å². The average Bonchev–Trinajstić information content (AvgIpc) is 2.68. The lowest BCUT2D eigenvalue weighted by Crippen LogP contribution is -2.82. The number of amides is 1. The van der Waals surface area contributed by atoms with E-state index in [1.54, 1.807) is 24.3 Å². The largest absolute Gasteiger partial charge is 0.478 e. The summed E-state index contributed by atoms with van der Waals surface area (Å²) < 4.78 is 0.628. The Kier molecular flexibility index (Phi) is 5.85. The number of nitrogen functional groups attached to an aromatic ring is 1. The summed E-state index contributed by atoms with van der Waals surface area (Å²) in [5.74, 6) is -1.48. The molecule has 0 aliphatic heterocycles. The van der Waals surface area contributed by atoms with Crippen molar-refractivity contribution in [3.8, 4) is 0 Å². The fourth-order valence-electron chi connectivity index (χ4n) is 2.43. The van der Waals surface area contributed by atoms with E-state index in [4.69, 9.17) is 0 Å². The summed E-state index contributed by atoms with van der Waals surface area (Å²) >= 11 is 3.23. The second kappa shape index (κ2) is 8.48. The van der Waals surface area contributed by atoms with Crippen molar-refractivity contribution in [3.05, 3.63) is 88.4 Å². The minimum Gasteiger partial charge on any atom is -0.478 e. The van der Waals surface area contributed by atoms with Crippen molar-refractivity contribution in [3.63, 3.8) is 0 Å². The molecule has 3 aromatic rings. The van der Waals surface area contributed by atoms with Gasteiger partial charge in [0.15, 0.2) is 5.69 Å². The van der Waals surface area contributed by atoms with Gasteiger partial charge in [0, 0.05) is 22.2 Å². The SMILES string of the molecule is O=C(Nc1ccc(Br)cc1C(=O)O)c1ccc([NH2+]Nc2ccccc2)cc1. The van der Waals surface area contributed by atoms with Crippen molar-refractivity contribution in [2.24, 2.45) is 0 Å². The van der Waals surface area contributed by atoms with Crippen molar-refractivity contribution >= 4 is 44.9 Å². The monoisotopic (exact) mass is 426 g/mol. The minimum atomic E-state index is -1.11. The molecule has 0 saturated heterocycles. The molecule has 3 rings (SSSR count). The van der Waals surface area contributed by atoms with E-state index >= 15 is 0 Å². The van der Waals surface area contributed by atoms with Crippen LogP contribution in [0.15, 0.2) is 77.3 Å². The van der Waals surface area contributed by atoms with Crippen LogP contribution in [0.3, 0.4) is 0 Å². The lowest BCUT2D eigenvalue weighted by Gasteiger charge is -2.09. The average molecular weight is 427 g/mol. The summed E-state index contributed by atoms with van der Waals surface area (Å²) in [4.78, 5) is 23.8. The van der Waals surface area contributed by atoms with Crippen LogP contribution in [0.25, 0.3) is 0 Å². The van der Waals surface area contributed by atoms with Gasteiger partial charge in [0.2, 0.25) is 0 Å². The zero-order valence-corrected chi connectivity index (χ0v) is 15.7. The third-order valence-corrected chi connectivity index (χ3v) is 4.31. The first-order valence-corrected chi connectivity index (χ1v) is 8.91. The number of carbonyl (C=O) groups excluding carboxylic acids is 1. The molecule has 0 aliphatic rings. The Morgan fingerprint density at radius 2 is 1.63 bits per heavy atom. The highest BCUT2D eigenvalue weighted by Gasteiger charge is 2.14. The number of halogens is 1. The van der Waals surface area contributed by atoms with E-state index < -0.39 is 5.97 Å². The number of quaternary nitrogens is 1. The van der Waals surface area contributed by atoms with E-state index in [1.807, 2.05) is 47.9 Å². The van der Waals surface area contributed by atoms with Crippen molar-refractivity contribution in [2.75, 3.05) is 10.7 Å². The number of anilines is 2. The predicted molar refractivity (Wildman–Crippen MR) is 107 cm³/mol. The number of carboxylic acid groups (broad SMARTS) is 1. The predicted octanol–water partition coefficient (Wildman–Crippen LogP) is 3.62. The van der Waals surface area contributed by atoms with E-state index in [2.05, 4.69) is 26.7 Å². The van der Waals surface area contributed by atoms with E-state index in [1.165, 1.54) is 6.07 Å². The van der Waals surface area contributed by atoms with E-state index in [9.17, 15) is 14.7 Å². The fourth-order valence-corrected chi connectivity index (χ4v) is 2.79. The van der Waals surface area contributed by atoms with Crippen LogP contribution in [-0.4, -0.2) is 17.0 Å². The maximum atomic E-state index is 12.4. The van der Waals surface area contributed by atoms with Crippen LogP contribution in [0, 0.1) is 0 Å².